The van der Waals surface area contributed by atoms with Crippen LogP contribution in [0.3, 0.4) is 0 Å². The second-order valence-electron chi connectivity index (χ2n) is 6.41. The number of anilines is 1. The van der Waals surface area contributed by atoms with Crippen molar-refractivity contribution >= 4 is 17.4 Å². The predicted octanol–water partition coefficient (Wildman–Crippen LogP) is 8.14. The summed E-state index contributed by atoms with van der Waals surface area (Å²) in [4.78, 5) is 1.69. The monoisotopic (exact) mass is 440 g/mol. The molecule has 30 heavy (non-hydrogen) atoms. The SMILES string of the molecule is C=C(C)C(C)Sc1cc(N(C(=C)C)C(=C)/C=C(\C)C(F)(F)F)c(F)cc1C#N.CC. The summed E-state index contributed by atoms with van der Waals surface area (Å²) in [6.45, 7) is 21.4. The Labute approximate surface area is 181 Å². The Morgan fingerprint density at radius 2 is 1.70 bits per heavy atom. The molecule has 0 fully saturated rings. The molecule has 2 nitrogen and oxygen atoms in total. The average Bonchev–Trinajstić information content (AvgIpc) is 2.64. The van der Waals surface area contributed by atoms with E-state index in [1.54, 1.807) is 0 Å². The molecule has 0 radical (unpaired) electrons. The van der Waals surface area contributed by atoms with Crippen molar-refractivity contribution in [3.05, 3.63) is 71.9 Å². The van der Waals surface area contributed by atoms with Gasteiger partial charge in [0.2, 0.25) is 0 Å². The lowest BCUT2D eigenvalue weighted by Crippen LogP contribution is -2.21. The van der Waals surface area contributed by atoms with E-state index < -0.39 is 17.6 Å². The van der Waals surface area contributed by atoms with Crippen LogP contribution in [-0.2, 0) is 0 Å². The van der Waals surface area contributed by atoms with Crippen LogP contribution in [0.25, 0.3) is 0 Å². The quantitative estimate of drug-likeness (QED) is 0.185. The Morgan fingerprint density at radius 3 is 2.10 bits per heavy atom. The third kappa shape index (κ3) is 7.42. The van der Waals surface area contributed by atoms with Gasteiger partial charge in [0.25, 0.3) is 0 Å². The Morgan fingerprint density at radius 1 is 1.17 bits per heavy atom. The molecule has 0 amide bonds. The number of thioether (sulfide) groups is 1. The topological polar surface area (TPSA) is 27.0 Å². The first-order valence-electron chi connectivity index (χ1n) is 9.25. The molecule has 1 aromatic rings. The van der Waals surface area contributed by atoms with Gasteiger partial charge >= 0.3 is 6.18 Å². The van der Waals surface area contributed by atoms with E-state index in [0.717, 1.165) is 24.6 Å². The molecule has 0 saturated heterocycles. The third-order valence-electron chi connectivity index (χ3n) is 3.91. The molecule has 1 atom stereocenters. The fraction of sp³-hybridized carbons (Fsp3) is 0.348. The summed E-state index contributed by atoms with van der Waals surface area (Å²) in [7, 11) is 0. The third-order valence-corrected chi connectivity index (χ3v) is 5.25. The van der Waals surface area contributed by atoms with Gasteiger partial charge in [-0.05, 0) is 45.9 Å². The maximum absolute atomic E-state index is 14.7. The van der Waals surface area contributed by atoms with Gasteiger partial charge < -0.3 is 4.90 Å². The van der Waals surface area contributed by atoms with Crippen LogP contribution in [0.4, 0.5) is 23.2 Å². The van der Waals surface area contributed by atoms with Crippen molar-refractivity contribution < 1.29 is 17.6 Å². The van der Waals surface area contributed by atoms with Crippen LogP contribution >= 0.6 is 11.8 Å². The number of hydrogen-bond acceptors (Lipinski definition) is 3. The molecule has 0 saturated carbocycles. The Kier molecular flexibility index (Phi) is 10.7. The molecule has 164 valence electrons. The standard InChI is InChI=1S/C21H22F4N2S.C2H6/c1-12(2)16(7)28-20-10-19(18(22)9-17(20)11-26)27(13(3)4)15(6)8-14(5)21(23,24)25;1-2/h8-10,16H,1,3,6H2,2,4-5,7H3;1-2H3/b14-8+;. The van der Waals surface area contributed by atoms with Gasteiger partial charge in [-0.25, -0.2) is 4.39 Å². The van der Waals surface area contributed by atoms with E-state index in [-0.39, 0.29) is 27.9 Å². The molecule has 7 heteroatoms. The second-order valence-corrected chi connectivity index (χ2v) is 7.79. The lowest BCUT2D eigenvalue weighted by Gasteiger charge is -2.27. The minimum absolute atomic E-state index is 0.0286. The van der Waals surface area contributed by atoms with Crippen molar-refractivity contribution in [1.82, 2.24) is 0 Å². The van der Waals surface area contributed by atoms with Gasteiger partial charge in [-0.1, -0.05) is 39.2 Å². The summed E-state index contributed by atoms with van der Waals surface area (Å²) in [5.74, 6) is -0.758. The van der Waals surface area contributed by atoms with E-state index in [1.807, 2.05) is 33.8 Å². The first-order chi connectivity index (χ1) is 13.8. The fourth-order valence-corrected chi connectivity index (χ4v) is 3.19. The minimum atomic E-state index is -4.52. The van der Waals surface area contributed by atoms with Crippen molar-refractivity contribution in [1.29, 1.82) is 5.26 Å². The average molecular weight is 441 g/mol. The van der Waals surface area contributed by atoms with E-state index in [4.69, 9.17) is 0 Å². The first-order valence-corrected chi connectivity index (χ1v) is 10.1. The van der Waals surface area contributed by atoms with Gasteiger partial charge in [0.05, 0.1) is 11.3 Å². The largest absolute Gasteiger partial charge is 0.412 e. The number of halogens is 4. The minimum Gasteiger partial charge on any atom is -0.313 e. The molecule has 0 spiro atoms. The first kappa shape index (κ1) is 27.5. The number of alkyl halides is 3. The van der Waals surface area contributed by atoms with Crippen LogP contribution in [0.2, 0.25) is 0 Å². The Hall–Kier alpha value is -2.46. The van der Waals surface area contributed by atoms with Crippen LogP contribution in [-0.4, -0.2) is 11.4 Å². The van der Waals surface area contributed by atoms with Gasteiger partial charge in [-0.2, -0.15) is 18.4 Å². The summed E-state index contributed by atoms with van der Waals surface area (Å²) in [6, 6.07) is 4.43. The summed E-state index contributed by atoms with van der Waals surface area (Å²) < 4.78 is 53.3. The van der Waals surface area contributed by atoms with Crippen molar-refractivity contribution in [2.45, 2.75) is 57.9 Å². The maximum Gasteiger partial charge on any atom is 0.412 e. The molecular formula is C23H28F4N2S. The summed E-state index contributed by atoms with van der Waals surface area (Å²) in [5, 5.41) is 9.27. The molecule has 1 aromatic carbocycles. The fourth-order valence-electron chi connectivity index (χ4n) is 2.19. The van der Waals surface area contributed by atoms with E-state index in [9.17, 15) is 22.8 Å². The van der Waals surface area contributed by atoms with Crippen molar-refractivity contribution in [3.8, 4) is 6.07 Å². The Balaban J connectivity index is 0.00000407. The van der Waals surface area contributed by atoms with E-state index >= 15 is 0 Å². The molecule has 0 aliphatic heterocycles. The number of rotatable bonds is 7. The van der Waals surface area contributed by atoms with E-state index in [1.165, 1.54) is 29.7 Å². The highest BCUT2D eigenvalue weighted by Crippen LogP contribution is 2.37. The summed E-state index contributed by atoms with van der Waals surface area (Å²) >= 11 is 1.31. The normalized spacial score (nSPS) is 12.2. The van der Waals surface area contributed by atoms with Crippen LogP contribution < -0.4 is 4.90 Å². The number of hydrogen-bond donors (Lipinski definition) is 0. The highest BCUT2D eigenvalue weighted by molar-refractivity contribution is 8.00. The van der Waals surface area contributed by atoms with Crippen molar-refractivity contribution in [3.63, 3.8) is 0 Å². The van der Waals surface area contributed by atoms with Crippen LogP contribution in [0.15, 0.2) is 65.4 Å². The number of benzene rings is 1. The molecule has 0 aliphatic rings. The highest BCUT2D eigenvalue weighted by Gasteiger charge is 2.30. The molecule has 0 aromatic heterocycles. The molecule has 0 N–H and O–H groups in total. The predicted molar refractivity (Wildman–Crippen MR) is 119 cm³/mol. The van der Waals surface area contributed by atoms with Gasteiger partial charge in [0.15, 0.2) is 0 Å². The molecular weight excluding hydrogens is 412 g/mol. The van der Waals surface area contributed by atoms with Gasteiger partial charge in [0, 0.05) is 27.1 Å². The molecule has 0 heterocycles. The van der Waals surface area contributed by atoms with Gasteiger partial charge in [-0.15, -0.1) is 11.8 Å². The number of nitriles is 1. The molecule has 0 bridgehead atoms. The van der Waals surface area contributed by atoms with Crippen LogP contribution in [0.5, 0.6) is 0 Å². The van der Waals surface area contributed by atoms with Crippen LogP contribution in [0.1, 0.15) is 47.1 Å². The Bertz CT molecular complexity index is 876. The zero-order valence-corrected chi connectivity index (χ0v) is 19.1. The zero-order chi connectivity index (χ0) is 23.8. The van der Waals surface area contributed by atoms with Gasteiger partial charge in [0.1, 0.15) is 11.9 Å². The van der Waals surface area contributed by atoms with Crippen molar-refractivity contribution in [2.24, 2.45) is 0 Å². The molecule has 1 unspecified atom stereocenters. The molecule has 0 aliphatic carbocycles. The van der Waals surface area contributed by atoms with E-state index in [2.05, 4.69) is 19.7 Å². The number of allylic oxidation sites excluding steroid dienone is 3. The number of nitrogens with zero attached hydrogens (tertiary/aromatic N) is 2. The molecule has 1 rings (SSSR count). The summed E-state index contributed by atoms with van der Waals surface area (Å²) in [5.41, 5.74) is 0.291. The summed E-state index contributed by atoms with van der Waals surface area (Å²) in [6.07, 6.45) is -3.69. The van der Waals surface area contributed by atoms with Gasteiger partial charge in [-0.3, -0.25) is 0 Å². The lowest BCUT2D eigenvalue weighted by molar-refractivity contribution is -0.0913. The maximum atomic E-state index is 14.7. The second kappa shape index (κ2) is 11.7. The lowest BCUT2D eigenvalue weighted by atomic mass is 10.1. The highest BCUT2D eigenvalue weighted by atomic mass is 32.2. The van der Waals surface area contributed by atoms with Crippen molar-refractivity contribution in [2.75, 3.05) is 4.90 Å². The smallest absolute Gasteiger partial charge is 0.313 e. The van der Waals surface area contributed by atoms with Crippen LogP contribution in [0, 0.1) is 17.1 Å². The van der Waals surface area contributed by atoms with E-state index in [0.29, 0.717) is 4.90 Å². The zero-order valence-electron chi connectivity index (χ0n) is 18.2.